The zero-order chi connectivity index (χ0) is 19.8. The van der Waals surface area contributed by atoms with E-state index in [1.807, 2.05) is 6.92 Å². The molecule has 2 aliphatic rings. The Labute approximate surface area is 171 Å². The van der Waals surface area contributed by atoms with E-state index in [-0.39, 0.29) is 0 Å². The first-order valence-corrected chi connectivity index (χ1v) is 10.6. The highest BCUT2D eigenvalue weighted by atomic mass is 15.3. The molecule has 3 aromatic rings. The van der Waals surface area contributed by atoms with E-state index in [2.05, 4.69) is 48.7 Å². The third-order valence-corrected chi connectivity index (χ3v) is 5.93. The van der Waals surface area contributed by atoms with Gasteiger partial charge in [-0.3, -0.25) is 0 Å². The average Bonchev–Trinajstić information content (AvgIpc) is 3.14. The lowest BCUT2D eigenvalue weighted by atomic mass is 10.1. The van der Waals surface area contributed by atoms with Crippen LogP contribution in [0.5, 0.6) is 0 Å². The van der Waals surface area contributed by atoms with E-state index in [9.17, 15) is 0 Å². The van der Waals surface area contributed by atoms with Gasteiger partial charge in [0.1, 0.15) is 29.3 Å². The average molecular weight is 393 g/mol. The number of hydrogen-bond donors (Lipinski definition) is 1. The first kappa shape index (κ1) is 18.1. The van der Waals surface area contributed by atoms with Crippen LogP contribution in [0.4, 0.5) is 17.5 Å². The second-order valence-electron chi connectivity index (χ2n) is 8.06. The Hall–Kier alpha value is -2.90. The molecule has 0 radical (unpaired) electrons. The molecule has 5 rings (SSSR count). The second-order valence-corrected chi connectivity index (χ2v) is 8.06. The summed E-state index contributed by atoms with van der Waals surface area (Å²) in [6, 6.07) is 4.24. The summed E-state index contributed by atoms with van der Waals surface area (Å²) < 4.78 is 0. The van der Waals surface area contributed by atoms with Gasteiger partial charge in [0.05, 0.1) is 5.52 Å². The van der Waals surface area contributed by atoms with E-state index in [0.717, 1.165) is 79.3 Å². The van der Waals surface area contributed by atoms with Gasteiger partial charge in [-0.2, -0.15) is 0 Å². The molecule has 0 aromatic carbocycles. The Morgan fingerprint density at radius 3 is 2.14 bits per heavy atom. The van der Waals surface area contributed by atoms with Crippen LogP contribution in [0.1, 0.15) is 30.8 Å². The van der Waals surface area contributed by atoms with Gasteiger partial charge in [-0.1, -0.05) is 0 Å². The van der Waals surface area contributed by atoms with Crippen molar-refractivity contribution in [3.63, 3.8) is 0 Å². The second kappa shape index (κ2) is 7.50. The monoisotopic (exact) mass is 392 g/mol. The molecule has 5 heterocycles. The van der Waals surface area contributed by atoms with E-state index in [0.29, 0.717) is 0 Å². The van der Waals surface area contributed by atoms with Crippen LogP contribution in [0.2, 0.25) is 0 Å². The third kappa shape index (κ3) is 3.59. The van der Waals surface area contributed by atoms with Crippen molar-refractivity contribution in [2.45, 2.75) is 33.1 Å². The molecule has 29 heavy (non-hydrogen) atoms. The predicted octanol–water partition coefficient (Wildman–Crippen LogP) is 2.68. The zero-order valence-electron chi connectivity index (χ0n) is 17.2. The normalized spacial score (nSPS) is 17.9. The van der Waals surface area contributed by atoms with Gasteiger partial charge in [-0.25, -0.2) is 19.9 Å². The van der Waals surface area contributed by atoms with Crippen molar-refractivity contribution in [1.29, 1.82) is 0 Å². The van der Waals surface area contributed by atoms with E-state index in [1.165, 1.54) is 19.3 Å². The molecule has 0 saturated carbocycles. The van der Waals surface area contributed by atoms with Crippen LogP contribution in [0.15, 0.2) is 18.5 Å². The smallest absolute Gasteiger partial charge is 0.156 e. The van der Waals surface area contributed by atoms with Crippen molar-refractivity contribution in [3.05, 3.63) is 30.0 Å². The molecule has 0 spiro atoms. The van der Waals surface area contributed by atoms with Gasteiger partial charge >= 0.3 is 0 Å². The maximum atomic E-state index is 4.74. The summed E-state index contributed by atoms with van der Waals surface area (Å²) in [5, 5.41) is 0. The van der Waals surface area contributed by atoms with Crippen LogP contribution >= 0.6 is 0 Å². The van der Waals surface area contributed by atoms with Crippen LogP contribution in [-0.4, -0.2) is 64.2 Å². The maximum absolute atomic E-state index is 4.74. The lowest BCUT2D eigenvalue weighted by molar-refractivity contribution is 0.572. The summed E-state index contributed by atoms with van der Waals surface area (Å²) >= 11 is 0. The molecular formula is C21H28N8. The highest BCUT2D eigenvalue weighted by Crippen LogP contribution is 2.26. The minimum atomic E-state index is 0.852. The number of aromatic amines is 1. The number of nitrogens with one attached hydrogen (secondary N) is 1. The Morgan fingerprint density at radius 2 is 1.41 bits per heavy atom. The molecule has 0 atom stereocenters. The Morgan fingerprint density at radius 1 is 0.759 bits per heavy atom. The van der Waals surface area contributed by atoms with Crippen LogP contribution in [-0.2, 0) is 0 Å². The lowest BCUT2D eigenvalue weighted by Crippen LogP contribution is -2.47. The summed E-state index contributed by atoms with van der Waals surface area (Å²) in [7, 11) is 0. The van der Waals surface area contributed by atoms with Gasteiger partial charge in [0, 0.05) is 51.0 Å². The van der Waals surface area contributed by atoms with E-state index >= 15 is 0 Å². The van der Waals surface area contributed by atoms with E-state index < -0.39 is 0 Å². The number of aryl methyl sites for hydroxylation is 2. The first-order chi connectivity index (χ1) is 14.2. The molecule has 2 saturated heterocycles. The number of fused-ring (bicyclic) bond motifs is 1. The molecule has 0 amide bonds. The van der Waals surface area contributed by atoms with Crippen LogP contribution < -0.4 is 14.7 Å². The number of piperazine rings is 1. The number of H-pyrrole nitrogens is 1. The fraction of sp³-hybridized carbons (Fsp3) is 0.524. The van der Waals surface area contributed by atoms with Crippen molar-refractivity contribution in [1.82, 2.24) is 24.9 Å². The van der Waals surface area contributed by atoms with Crippen molar-refractivity contribution in [2.75, 3.05) is 54.0 Å². The summed E-state index contributed by atoms with van der Waals surface area (Å²) in [5.41, 5.74) is 3.12. The molecular weight excluding hydrogens is 364 g/mol. The Balaban J connectivity index is 1.33. The molecule has 8 nitrogen and oxygen atoms in total. The van der Waals surface area contributed by atoms with Crippen molar-refractivity contribution >= 4 is 28.5 Å². The zero-order valence-corrected chi connectivity index (χ0v) is 17.2. The van der Waals surface area contributed by atoms with Crippen LogP contribution in [0, 0.1) is 13.8 Å². The largest absolute Gasteiger partial charge is 0.356 e. The molecule has 0 unspecified atom stereocenters. The quantitative estimate of drug-likeness (QED) is 0.734. The van der Waals surface area contributed by atoms with E-state index in [1.54, 1.807) is 6.33 Å². The fourth-order valence-electron chi connectivity index (χ4n) is 4.43. The van der Waals surface area contributed by atoms with Gasteiger partial charge in [0.2, 0.25) is 0 Å². The van der Waals surface area contributed by atoms with Gasteiger partial charge in [-0.05, 0) is 39.2 Å². The number of piperidine rings is 1. The Kier molecular flexibility index (Phi) is 4.69. The molecule has 152 valence electrons. The number of rotatable bonds is 3. The summed E-state index contributed by atoms with van der Waals surface area (Å²) in [4.78, 5) is 28.9. The first-order valence-electron chi connectivity index (χ1n) is 10.6. The minimum Gasteiger partial charge on any atom is -0.356 e. The topological polar surface area (TPSA) is 77.1 Å². The minimum absolute atomic E-state index is 0.852. The lowest BCUT2D eigenvalue weighted by Gasteiger charge is -2.36. The van der Waals surface area contributed by atoms with Crippen LogP contribution in [0.3, 0.4) is 0 Å². The summed E-state index contributed by atoms with van der Waals surface area (Å²) in [5.74, 6) is 3.97. The molecule has 0 bridgehead atoms. The highest BCUT2D eigenvalue weighted by molar-refractivity contribution is 5.86. The van der Waals surface area contributed by atoms with Crippen molar-refractivity contribution in [2.24, 2.45) is 0 Å². The number of aromatic nitrogens is 5. The molecule has 0 aliphatic carbocycles. The molecule has 1 N–H and O–H groups in total. The van der Waals surface area contributed by atoms with Crippen LogP contribution in [0.25, 0.3) is 11.0 Å². The predicted molar refractivity (Wildman–Crippen MR) is 116 cm³/mol. The van der Waals surface area contributed by atoms with Gasteiger partial charge in [0.15, 0.2) is 5.82 Å². The van der Waals surface area contributed by atoms with Crippen molar-refractivity contribution in [3.8, 4) is 0 Å². The standard InChI is InChI=1S/C21H28N8/c1-15-12-17-20(24-15)21(23-14-22-17)29-10-8-28(9-11-29)19-13-18(25-16(2)26-19)27-6-4-3-5-7-27/h12-14,24H,3-11H2,1-2H3. The maximum Gasteiger partial charge on any atom is 0.156 e. The third-order valence-electron chi connectivity index (χ3n) is 5.93. The SMILES string of the molecule is Cc1nc(N2CCCCC2)cc(N2CCN(c3ncnc4cc(C)[nH]c34)CC2)n1. The van der Waals surface area contributed by atoms with Gasteiger partial charge in [-0.15, -0.1) is 0 Å². The molecule has 2 aliphatic heterocycles. The molecule has 3 aromatic heterocycles. The number of hydrogen-bond acceptors (Lipinski definition) is 7. The highest BCUT2D eigenvalue weighted by Gasteiger charge is 2.23. The number of anilines is 3. The summed E-state index contributed by atoms with van der Waals surface area (Å²) in [6.07, 6.45) is 5.49. The van der Waals surface area contributed by atoms with Gasteiger partial charge < -0.3 is 19.7 Å². The molecule has 2 fully saturated rings. The Bertz CT molecular complexity index is 999. The summed E-state index contributed by atoms with van der Waals surface area (Å²) in [6.45, 7) is 9.91. The number of nitrogens with zero attached hydrogens (tertiary/aromatic N) is 7. The fourth-order valence-corrected chi connectivity index (χ4v) is 4.43. The molecule has 8 heteroatoms. The van der Waals surface area contributed by atoms with Crippen molar-refractivity contribution < 1.29 is 0 Å². The van der Waals surface area contributed by atoms with Gasteiger partial charge in [0.25, 0.3) is 0 Å². The van der Waals surface area contributed by atoms with E-state index in [4.69, 9.17) is 9.97 Å².